The van der Waals surface area contributed by atoms with Crippen LogP contribution in [-0.4, -0.2) is 42.0 Å². The molecule has 3 amide bonds. The van der Waals surface area contributed by atoms with Crippen LogP contribution in [0.4, 0.5) is 4.79 Å². The molecule has 2 aliphatic rings. The molecule has 0 aromatic heterocycles. The number of halogens is 1. The Hall–Kier alpha value is -0.810. The van der Waals surface area contributed by atoms with Gasteiger partial charge in [0.25, 0.3) is 5.91 Å². The molecule has 2 rings (SSSR count). The molecule has 0 aromatic carbocycles. The molecular weight excluding hydrogens is 254 g/mol. The molecular formula is C12H22ClN3O2. The van der Waals surface area contributed by atoms with Crippen LogP contribution in [0.2, 0.25) is 0 Å². The second kappa shape index (κ2) is 5.89. The van der Waals surface area contributed by atoms with Gasteiger partial charge in [-0.25, -0.2) is 4.79 Å². The van der Waals surface area contributed by atoms with Crippen molar-refractivity contribution in [1.29, 1.82) is 0 Å². The first-order chi connectivity index (χ1) is 8.06. The van der Waals surface area contributed by atoms with E-state index in [4.69, 9.17) is 0 Å². The Morgan fingerprint density at radius 3 is 2.44 bits per heavy atom. The van der Waals surface area contributed by atoms with Gasteiger partial charge >= 0.3 is 6.03 Å². The summed E-state index contributed by atoms with van der Waals surface area (Å²) in [6.07, 6.45) is 2.39. The van der Waals surface area contributed by atoms with E-state index in [1.807, 2.05) is 0 Å². The first kappa shape index (κ1) is 15.2. The molecule has 0 aromatic rings. The molecule has 2 fully saturated rings. The highest BCUT2D eigenvalue weighted by molar-refractivity contribution is 6.07. The predicted molar refractivity (Wildman–Crippen MR) is 71.8 cm³/mol. The number of carbonyl (C=O) groups excluding carboxylic acids is 2. The third-order valence-corrected chi connectivity index (χ3v) is 3.77. The van der Waals surface area contributed by atoms with Crippen LogP contribution in [0.3, 0.4) is 0 Å². The Balaban J connectivity index is 0.00000162. The van der Waals surface area contributed by atoms with Crippen molar-refractivity contribution in [3.63, 3.8) is 0 Å². The molecule has 2 heterocycles. The third kappa shape index (κ3) is 2.62. The Kier molecular flexibility index (Phi) is 4.99. The van der Waals surface area contributed by atoms with Gasteiger partial charge in [-0.3, -0.25) is 10.1 Å². The Labute approximate surface area is 114 Å². The zero-order valence-corrected chi connectivity index (χ0v) is 11.8. The van der Waals surface area contributed by atoms with E-state index in [1.165, 1.54) is 0 Å². The highest BCUT2D eigenvalue weighted by Crippen LogP contribution is 2.31. The molecule has 0 bridgehead atoms. The van der Waals surface area contributed by atoms with Gasteiger partial charge in [-0.15, -0.1) is 12.4 Å². The molecule has 18 heavy (non-hydrogen) atoms. The molecule has 0 unspecified atom stereocenters. The first-order valence-electron chi connectivity index (χ1n) is 6.40. The van der Waals surface area contributed by atoms with Crippen LogP contribution >= 0.6 is 12.4 Å². The Morgan fingerprint density at radius 2 is 1.89 bits per heavy atom. The first-order valence-corrected chi connectivity index (χ1v) is 6.40. The summed E-state index contributed by atoms with van der Waals surface area (Å²) in [7, 11) is 0. The van der Waals surface area contributed by atoms with Crippen molar-refractivity contribution in [1.82, 2.24) is 15.5 Å². The maximum absolute atomic E-state index is 12.0. The number of piperidine rings is 1. The van der Waals surface area contributed by atoms with Crippen molar-refractivity contribution in [3.05, 3.63) is 0 Å². The molecule has 5 nitrogen and oxygen atoms in total. The number of urea groups is 1. The maximum atomic E-state index is 12.0. The Bertz CT molecular complexity index is 327. The molecule has 0 aliphatic carbocycles. The third-order valence-electron chi connectivity index (χ3n) is 3.77. The highest BCUT2D eigenvalue weighted by Gasteiger charge is 2.52. The molecule has 2 saturated heterocycles. The van der Waals surface area contributed by atoms with Crippen molar-refractivity contribution < 1.29 is 9.59 Å². The standard InChI is InChI=1S/C12H21N3O2.ClH/c1-9(2)3-8-15-11(17)14-10(16)12(15)4-6-13-7-5-12;/h9,13H,3-8H2,1-2H3,(H,14,16,17);1H. The SMILES string of the molecule is CC(C)CCN1C(=O)NC(=O)C12CCNCC2.Cl. The van der Waals surface area contributed by atoms with Gasteiger partial charge in [-0.1, -0.05) is 13.8 Å². The van der Waals surface area contributed by atoms with E-state index in [-0.39, 0.29) is 24.3 Å². The second-order valence-electron chi connectivity index (χ2n) is 5.38. The minimum absolute atomic E-state index is 0. The van der Waals surface area contributed by atoms with E-state index in [1.54, 1.807) is 4.90 Å². The summed E-state index contributed by atoms with van der Waals surface area (Å²) < 4.78 is 0. The van der Waals surface area contributed by atoms with E-state index in [0.29, 0.717) is 12.5 Å². The fraction of sp³-hybridized carbons (Fsp3) is 0.833. The fourth-order valence-corrected chi connectivity index (χ4v) is 2.64. The van der Waals surface area contributed by atoms with Crippen LogP contribution in [0.1, 0.15) is 33.1 Å². The number of imide groups is 1. The van der Waals surface area contributed by atoms with Crippen molar-refractivity contribution in [2.75, 3.05) is 19.6 Å². The highest BCUT2D eigenvalue weighted by atomic mass is 35.5. The van der Waals surface area contributed by atoms with Crippen molar-refractivity contribution >= 4 is 24.3 Å². The van der Waals surface area contributed by atoms with Gasteiger partial charge in [0.2, 0.25) is 0 Å². The summed E-state index contributed by atoms with van der Waals surface area (Å²) in [5.41, 5.74) is -0.572. The zero-order chi connectivity index (χ0) is 12.5. The maximum Gasteiger partial charge on any atom is 0.325 e. The van der Waals surface area contributed by atoms with E-state index in [2.05, 4.69) is 24.5 Å². The van der Waals surface area contributed by atoms with Crippen LogP contribution in [0.5, 0.6) is 0 Å². The largest absolute Gasteiger partial charge is 0.325 e. The summed E-state index contributed by atoms with van der Waals surface area (Å²) in [6.45, 7) is 6.54. The fourth-order valence-electron chi connectivity index (χ4n) is 2.64. The summed E-state index contributed by atoms with van der Waals surface area (Å²) >= 11 is 0. The molecule has 0 radical (unpaired) electrons. The summed E-state index contributed by atoms with van der Waals surface area (Å²) in [5, 5.41) is 5.71. The molecule has 0 saturated carbocycles. The van der Waals surface area contributed by atoms with Crippen LogP contribution < -0.4 is 10.6 Å². The topological polar surface area (TPSA) is 61.4 Å². The van der Waals surface area contributed by atoms with Gasteiger partial charge in [0.05, 0.1) is 0 Å². The summed E-state index contributed by atoms with van der Waals surface area (Å²) in [4.78, 5) is 25.6. The lowest BCUT2D eigenvalue weighted by Crippen LogP contribution is -2.56. The molecule has 1 spiro atoms. The lowest BCUT2D eigenvalue weighted by Gasteiger charge is -2.38. The van der Waals surface area contributed by atoms with Gasteiger partial charge in [-0.05, 0) is 38.3 Å². The van der Waals surface area contributed by atoms with Gasteiger partial charge in [-0.2, -0.15) is 0 Å². The summed E-state index contributed by atoms with van der Waals surface area (Å²) in [6, 6.07) is -0.211. The number of rotatable bonds is 3. The van der Waals surface area contributed by atoms with Gasteiger partial charge < -0.3 is 10.2 Å². The number of amides is 3. The van der Waals surface area contributed by atoms with Crippen molar-refractivity contribution in [3.8, 4) is 0 Å². The number of nitrogens with one attached hydrogen (secondary N) is 2. The summed E-state index contributed by atoms with van der Waals surface area (Å²) in [5.74, 6) is 0.435. The van der Waals surface area contributed by atoms with Gasteiger partial charge in [0, 0.05) is 6.54 Å². The van der Waals surface area contributed by atoms with Crippen LogP contribution in [-0.2, 0) is 4.79 Å². The number of carbonyl (C=O) groups is 2. The van der Waals surface area contributed by atoms with Gasteiger partial charge in [0.15, 0.2) is 0 Å². The predicted octanol–water partition coefficient (Wildman–Crippen LogP) is 1.13. The van der Waals surface area contributed by atoms with E-state index >= 15 is 0 Å². The average molecular weight is 276 g/mol. The van der Waals surface area contributed by atoms with Crippen molar-refractivity contribution in [2.24, 2.45) is 5.92 Å². The van der Waals surface area contributed by atoms with E-state index < -0.39 is 5.54 Å². The van der Waals surface area contributed by atoms with Crippen molar-refractivity contribution in [2.45, 2.75) is 38.6 Å². The second-order valence-corrected chi connectivity index (χ2v) is 5.38. The van der Waals surface area contributed by atoms with Crippen LogP contribution in [0, 0.1) is 5.92 Å². The van der Waals surface area contributed by atoms with E-state index in [0.717, 1.165) is 32.4 Å². The Morgan fingerprint density at radius 1 is 1.28 bits per heavy atom. The molecule has 6 heteroatoms. The normalized spacial score (nSPS) is 22.3. The zero-order valence-electron chi connectivity index (χ0n) is 11.0. The molecule has 2 N–H and O–H groups in total. The molecule has 0 atom stereocenters. The van der Waals surface area contributed by atoms with Crippen LogP contribution in [0.15, 0.2) is 0 Å². The molecule has 2 aliphatic heterocycles. The lowest BCUT2D eigenvalue weighted by atomic mass is 9.86. The average Bonchev–Trinajstić information content (AvgIpc) is 2.50. The smallest absolute Gasteiger partial charge is 0.317 e. The number of hydrogen-bond donors (Lipinski definition) is 2. The monoisotopic (exact) mass is 275 g/mol. The minimum Gasteiger partial charge on any atom is -0.317 e. The van der Waals surface area contributed by atoms with Crippen LogP contribution in [0.25, 0.3) is 0 Å². The minimum atomic E-state index is -0.572. The lowest BCUT2D eigenvalue weighted by molar-refractivity contribution is -0.128. The quantitative estimate of drug-likeness (QED) is 0.759. The number of nitrogens with zero attached hydrogens (tertiary/aromatic N) is 1. The molecule has 104 valence electrons. The number of hydrogen-bond acceptors (Lipinski definition) is 3. The van der Waals surface area contributed by atoms with Gasteiger partial charge in [0.1, 0.15) is 5.54 Å². The van der Waals surface area contributed by atoms with E-state index in [9.17, 15) is 9.59 Å².